The summed E-state index contributed by atoms with van der Waals surface area (Å²) in [6.07, 6.45) is 2.96. The first-order valence-electron chi connectivity index (χ1n) is 8.36. The Balaban J connectivity index is 1.50. The van der Waals surface area contributed by atoms with Crippen molar-refractivity contribution in [3.05, 3.63) is 76.7 Å². The standard InChI is InChI=1S/C20H14BrClN4O2/c21-20-15-4-2-1-3-13(15)5-8-18(20)28-10-19(27)25-16-9-14(22)6-7-17(16)26-12-23-11-24-26/h1-9,11-12H,10H2,(H,25,27). The zero-order valence-electron chi connectivity index (χ0n) is 14.5. The zero-order valence-corrected chi connectivity index (χ0v) is 16.8. The summed E-state index contributed by atoms with van der Waals surface area (Å²) in [6.45, 7) is -0.153. The summed E-state index contributed by atoms with van der Waals surface area (Å²) in [5.74, 6) is 0.278. The van der Waals surface area contributed by atoms with Crippen molar-refractivity contribution in [1.82, 2.24) is 14.8 Å². The van der Waals surface area contributed by atoms with Crippen LogP contribution < -0.4 is 10.1 Å². The van der Waals surface area contributed by atoms with E-state index < -0.39 is 0 Å². The first kappa shape index (κ1) is 18.5. The zero-order chi connectivity index (χ0) is 19.5. The molecular weight excluding hydrogens is 444 g/mol. The van der Waals surface area contributed by atoms with Gasteiger partial charge in [0.2, 0.25) is 0 Å². The van der Waals surface area contributed by atoms with Crippen LogP contribution in [0.5, 0.6) is 5.75 Å². The fourth-order valence-electron chi connectivity index (χ4n) is 2.80. The average Bonchev–Trinajstić information content (AvgIpc) is 3.22. The molecule has 1 aromatic heterocycles. The van der Waals surface area contributed by atoms with E-state index in [1.165, 1.54) is 6.33 Å². The Bertz CT molecular complexity index is 1150. The van der Waals surface area contributed by atoms with Gasteiger partial charge in [-0.25, -0.2) is 9.67 Å². The summed E-state index contributed by atoms with van der Waals surface area (Å²) < 4.78 is 8.07. The fourth-order valence-corrected chi connectivity index (χ4v) is 3.58. The maximum Gasteiger partial charge on any atom is 0.262 e. The molecule has 4 aromatic rings. The number of nitrogens with zero attached hydrogens (tertiary/aromatic N) is 3. The molecule has 0 fully saturated rings. The van der Waals surface area contributed by atoms with Crippen LogP contribution in [0.25, 0.3) is 16.5 Å². The van der Waals surface area contributed by atoms with Gasteiger partial charge in [-0.05, 0) is 51.0 Å². The second kappa shape index (κ2) is 8.00. The highest BCUT2D eigenvalue weighted by atomic mass is 79.9. The first-order chi connectivity index (χ1) is 13.6. The van der Waals surface area contributed by atoms with Gasteiger partial charge in [-0.2, -0.15) is 5.10 Å². The van der Waals surface area contributed by atoms with Crippen molar-refractivity contribution >= 4 is 49.9 Å². The van der Waals surface area contributed by atoms with Crippen LogP contribution in [0.2, 0.25) is 5.02 Å². The molecule has 6 nitrogen and oxygen atoms in total. The maximum absolute atomic E-state index is 12.5. The molecule has 1 amide bonds. The van der Waals surface area contributed by atoms with E-state index in [9.17, 15) is 4.79 Å². The van der Waals surface area contributed by atoms with Crippen LogP contribution in [-0.2, 0) is 4.79 Å². The number of benzene rings is 3. The monoisotopic (exact) mass is 456 g/mol. The highest BCUT2D eigenvalue weighted by Crippen LogP contribution is 2.33. The predicted octanol–water partition coefficient (Wildman–Crippen LogP) is 4.85. The molecule has 4 rings (SSSR count). The van der Waals surface area contributed by atoms with Crippen molar-refractivity contribution in [3.63, 3.8) is 0 Å². The molecule has 0 saturated carbocycles. The quantitative estimate of drug-likeness (QED) is 0.465. The Morgan fingerprint density at radius 3 is 2.86 bits per heavy atom. The number of rotatable bonds is 5. The van der Waals surface area contributed by atoms with Gasteiger partial charge >= 0.3 is 0 Å². The van der Waals surface area contributed by atoms with Crippen LogP contribution in [0.4, 0.5) is 5.69 Å². The van der Waals surface area contributed by atoms with Crippen LogP contribution in [0, 0.1) is 0 Å². The van der Waals surface area contributed by atoms with Crippen LogP contribution in [0.3, 0.4) is 0 Å². The fraction of sp³-hybridized carbons (Fsp3) is 0.0500. The van der Waals surface area contributed by atoms with Crippen molar-refractivity contribution in [2.45, 2.75) is 0 Å². The van der Waals surface area contributed by atoms with Crippen molar-refractivity contribution < 1.29 is 9.53 Å². The van der Waals surface area contributed by atoms with Gasteiger partial charge in [-0.3, -0.25) is 4.79 Å². The molecule has 0 bridgehead atoms. The number of carbonyl (C=O) groups is 1. The molecule has 8 heteroatoms. The summed E-state index contributed by atoms with van der Waals surface area (Å²) >= 11 is 9.63. The minimum absolute atomic E-state index is 0.153. The molecule has 3 aromatic carbocycles. The molecule has 0 radical (unpaired) electrons. The summed E-state index contributed by atoms with van der Waals surface area (Å²) in [7, 11) is 0. The van der Waals surface area contributed by atoms with Gasteiger partial charge in [0.05, 0.1) is 15.8 Å². The number of nitrogens with one attached hydrogen (secondary N) is 1. The predicted molar refractivity (Wildman–Crippen MR) is 112 cm³/mol. The van der Waals surface area contributed by atoms with Crippen LogP contribution >= 0.6 is 27.5 Å². The van der Waals surface area contributed by atoms with E-state index >= 15 is 0 Å². The summed E-state index contributed by atoms with van der Waals surface area (Å²) in [5, 5.41) is 9.51. The van der Waals surface area contributed by atoms with Gasteiger partial charge < -0.3 is 10.1 Å². The number of amides is 1. The number of halogens is 2. The van der Waals surface area contributed by atoms with Gasteiger partial charge in [-0.1, -0.05) is 41.9 Å². The van der Waals surface area contributed by atoms with E-state index in [1.807, 2.05) is 36.4 Å². The SMILES string of the molecule is O=C(COc1ccc2ccccc2c1Br)Nc1cc(Cl)ccc1-n1cncn1. The van der Waals surface area contributed by atoms with Crippen LogP contribution in [0.15, 0.2) is 71.7 Å². The third kappa shape index (κ3) is 3.85. The molecule has 0 unspecified atom stereocenters. The molecule has 0 saturated heterocycles. The molecule has 0 atom stereocenters. The molecule has 0 aliphatic carbocycles. The van der Waals surface area contributed by atoms with Crippen molar-refractivity contribution in [1.29, 1.82) is 0 Å². The Hall–Kier alpha value is -2.90. The number of hydrogen-bond acceptors (Lipinski definition) is 4. The average molecular weight is 458 g/mol. The third-order valence-electron chi connectivity index (χ3n) is 4.08. The molecule has 1 N–H and O–H groups in total. The van der Waals surface area contributed by atoms with Crippen LogP contribution in [0.1, 0.15) is 0 Å². The minimum Gasteiger partial charge on any atom is -0.483 e. The smallest absolute Gasteiger partial charge is 0.262 e. The molecular formula is C20H14BrClN4O2. The largest absolute Gasteiger partial charge is 0.483 e. The highest BCUT2D eigenvalue weighted by molar-refractivity contribution is 9.10. The van der Waals surface area contributed by atoms with Gasteiger partial charge in [0.15, 0.2) is 6.61 Å². The topological polar surface area (TPSA) is 69.0 Å². The molecule has 0 spiro atoms. The second-order valence-corrected chi connectivity index (χ2v) is 7.17. The second-order valence-electron chi connectivity index (χ2n) is 5.94. The van der Waals surface area contributed by atoms with Crippen molar-refractivity contribution in [2.24, 2.45) is 0 Å². The maximum atomic E-state index is 12.5. The van der Waals surface area contributed by atoms with E-state index in [2.05, 4.69) is 31.3 Å². The Labute approximate surface area is 174 Å². The third-order valence-corrected chi connectivity index (χ3v) is 5.14. The minimum atomic E-state index is -0.316. The lowest BCUT2D eigenvalue weighted by Crippen LogP contribution is -2.21. The number of fused-ring (bicyclic) bond motifs is 1. The normalized spacial score (nSPS) is 10.8. The lowest BCUT2D eigenvalue weighted by atomic mass is 10.1. The highest BCUT2D eigenvalue weighted by Gasteiger charge is 2.12. The number of carbonyl (C=O) groups excluding carboxylic acids is 1. The number of hydrogen-bond donors (Lipinski definition) is 1. The summed E-state index contributed by atoms with van der Waals surface area (Å²) in [6, 6.07) is 16.8. The number of ether oxygens (including phenoxy) is 1. The molecule has 0 aliphatic rings. The van der Waals surface area contributed by atoms with Crippen molar-refractivity contribution in [2.75, 3.05) is 11.9 Å². The Morgan fingerprint density at radius 1 is 1.18 bits per heavy atom. The van der Waals surface area contributed by atoms with Gasteiger partial charge in [0, 0.05) is 5.02 Å². The number of aromatic nitrogens is 3. The van der Waals surface area contributed by atoms with Crippen molar-refractivity contribution in [3.8, 4) is 11.4 Å². The lowest BCUT2D eigenvalue weighted by Gasteiger charge is -2.13. The van der Waals surface area contributed by atoms with E-state index in [0.29, 0.717) is 22.1 Å². The Kier molecular flexibility index (Phi) is 5.27. The first-order valence-corrected chi connectivity index (χ1v) is 9.53. The summed E-state index contributed by atoms with van der Waals surface area (Å²) in [4.78, 5) is 16.4. The Morgan fingerprint density at radius 2 is 2.04 bits per heavy atom. The number of anilines is 1. The van der Waals surface area contributed by atoms with Gasteiger partial charge in [-0.15, -0.1) is 0 Å². The molecule has 1 heterocycles. The van der Waals surface area contributed by atoms with E-state index in [1.54, 1.807) is 29.2 Å². The van der Waals surface area contributed by atoms with E-state index in [-0.39, 0.29) is 12.5 Å². The van der Waals surface area contributed by atoms with Crippen LogP contribution in [-0.4, -0.2) is 27.3 Å². The lowest BCUT2D eigenvalue weighted by molar-refractivity contribution is -0.118. The molecule has 28 heavy (non-hydrogen) atoms. The van der Waals surface area contributed by atoms with Gasteiger partial charge in [0.25, 0.3) is 5.91 Å². The summed E-state index contributed by atoms with van der Waals surface area (Å²) in [5.41, 5.74) is 1.17. The van der Waals surface area contributed by atoms with E-state index in [0.717, 1.165) is 15.2 Å². The van der Waals surface area contributed by atoms with Gasteiger partial charge in [0.1, 0.15) is 18.4 Å². The molecule has 0 aliphatic heterocycles. The molecule has 140 valence electrons. The van der Waals surface area contributed by atoms with E-state index in [4.69, 9.17) is 16.3 Å².